The second kappa shape index (κ2) is 14.0. The fraction of sp³-hybridized carbons (Fsp3) is 0.750. The lowest BCUT2D eigenvalue weighted by Crippen LogP contribution is -2.39. The molecule has 1 heterocycles. The van der Waals surface area contributed by atoms with Gasteiger partial charge in [-0.15, -0.1) is 35.3 Å². The van der Waals surface area contributed by atoms with E-state index in [1.165, 1.54) is 9.88 Å². The van der Waals surface area contributed by atoms with Crippen LogP contribution in [-0.4, -0.2) is 44.3 Å². The number of hydrogen-bond donors (Lipinski definition) is 2. The summed E-state index contributed by atoms with van der Waals surface area (Å²) in [6, 6.07) is 0. The van der Waals surface area contributed by atoms with Crippen molar-refractivity contribution in [2.24, 2.45) is 10.9 Å². The van der Waals surface area contributed by atoms with Gasteiger partial charge in [-0.3, -0.25) is 4.99 Å². The number of halogens is 1. The molecule has 0 radical (unpaired) electrons. The molecular formula is C16H31IN4OS. The van der Waals surface area contributed by atoms with Crippen LogP contribution < -0.4 is 10.6 Å². The summed E-state index contributed by atoms with van der Waals surface area (Å²) in [5.74, 6) is 1.52. The summed E-state index contributed by atoms with van der Waals surface area (Å²) in [4.78, 5) is 9.97. The molecular weight excluding hydrogens is 423 g/mol. The van der Waals surface area contributed by atoms with Gasteiger partial charge in [0.25, 0.3) is 0 Å². The molecule has 23 heavy (non-hydrogen) atoms. The summed E-state index contributed by atoms with van der Waals surface area (Å²) in [7, 11) is 1.79. The van der Waals surface area contributed by atoms with Gasteiger partial charge in [-0.25, -0.2) is 4.98 Å². The van der Waals surface area contributed by atoms with Crippen LogP contribution in [0.3, 0.4) is 0 Å². The summed E-state index contributed by atoms with van der Waals surface area (Å²) < 4.78 is 5.57. The van der Waals surface area contributed by atoms with E-state index in [2.05, 4.69) is 41.4 Å². The fourth-order valence-corrected chi connectivity index (χ4v) is 2.66. The predicted molar refractivity (Wildman–Crippen MR) is 110 cm³/mol. The number of nitrogens with zero attached hydrogens (tertiary/aromatic N) is 2. The normalized spacial score (nSPS) is 11.4. The topological polar surface area (TPSA) is 58.5 Å². The Morgan fingerprint density at radius 1 is 1.30 bits per heavy atom. The van der Waals surface area contributed by atoms with Crippen molar-refractivity contribution >= 4 is 41.3 Å². The van der Waals surface area contributed by atoms with Crippen molar-refractivity contribution < 1.29 is 4.74 Å². The van der Waals surface area contributed by atoms with Crippen LogP contribution in [-0.2, 0) is 17.6 Å². The number of hydrogen-bond acceptors (Lipinski definition) is 4. The Kier molecular flexibility index (Phi) is 13.7. The van der Waals surface area contributed by atoms with Crippen LogP contribution in [0, 0.1) is 5.92 Å². The number of guanidine groups is 1. The Hall–Kier alpha value is -0.410. The van der Waals surface area contributed by atoms with Gasteiger partial charge in [0, 0.05) is 44.2 Å². The Morgan fingerprint density at radius 3 is 2.65 bits per heavy atom. The van der Waals surface area contributed by atoms with Gasteiger partial charge in [-0.1, -0.05) is 20.8 Å². The molecule has 0 saturated heterocycles. The largest absolute Gasteiger partial charge is 0.380 e. The lowest BCUT2D eigenvalue weighted by molar-refractivity contribution is 0.128. The number of aromatic nitrogens is 1. The maximum atomic E-state index is 5.57. The number of thiazole rings is 1. The van der Waals surface area contributed by atoms with Gasteiger partial charge in [-0.2, -0.15) is 0 Å². The quantitative estimate of drug-likeness (QED) is 0.247. The second-order valence-electron chi connectivity index (χ2n) is 5.54. The smallest absolute Gasteiger partial charge is 0.191 e. The first-order valence-electron chi connectivity index (χ1n) is 8.11. The van der Waals surface area contributed by atoms with Crippen molar-refractivity contribution in [2.45, 2.75) is 40.0 Å². The molecule has 0 saturated carbocycles. The minimum atomic E-state index is 0. The zero-order valence-electron chi connectivity index (χ0n) is 14.7. The minimum Gasteiger partial charge on any atom is -0.380 e. The van der Waals surface area contributed by atoms with Crippen molar-refractivity contribution in [1.82, 2.24) is 15.6 Å². The molecule has 0 fully saturated rings. The van der Waals surface area contributed by atoms with E-state index >= 15 is 0 Å². The summed E-state index contributed by atoms with van der Waals surface area (Å²) in [6.07, 6.45) is 5.07. The highest BCUT2D eigenvalue weighted by molar-refractivity contribution is 14.0. The monoisotopic (exact) mass is 454 g/mol. The van der Waals surface area contributed by atoms with E-state index in [0.717, 1.165) is 44.9 Å². The maximum absolute atomic E-state index is 5.57. The first kappa shape index (κ1) is 22.6. The maximum Gasteiger partial charge on any atom is 0.191 e. The molecule has 0 amide bonds. The molecule has 0 aromatic carbocycles. The number of ether oxygens (including phenoxy) is 1. The molecule has 0 aliphatic rings. The molecule has 0 unspecified atom stereocenters. The molecule has 1 rings (SSSR count). The van der Waals surface area contributed by atoms with E-state index in [-0.39, 0.29) is 24.0 Å². The van der Waals surface area contributed by atoms with Gasteiger partial charge >= 0.3 is 0 Å². The van der Waals surface area contributed by atoms with Gasteiger partial charge < -0.3 is 15.4 Å². The van der Waals surface area contributed by atoms with Gasteiger partial charge in [0.1, 0.15) is 0 Å². The second-order valence-corrected chi connectivity index (χ2v) is 6.74. The SMILES string of the molecule is CCc1cnc(CCNC(=NC)NCCOCCC(C)C)s1.I. The molecule has 1 aromatic heterocycles. The van der Waals surface area contributed by atoms with Crippen molar-refractivity contribution in [3.63, 3.8) is 0 Å². The Labute approximate surface area is 161 Å². The summed E-state index contributed by atoms with van der Waals surface area (Å²) in [6.45, 7) is 9.72. The highest BCUT2D eigenvalue weighted by Crippen LogP contribution is 2.13. The van der Waals surface area contributed by atoms with E-state index in [4.69, 9.17) is 4.74 Å². The fourth-order valence-electron chi connectivity index (χ4n) is 1.80. The number of aryl methyl sites for hydroxylation is 1. The van der Waals surface area contributed by atoms with Crippen LogP contribution in [0.4, 0.5) is 0 Å². The Bertz CT molecular complexity index is 437. The molecule has 0 atom stereocenters. The van der Waals surface area contributed by atoms with Crippen LogP contribution in [0.15, 0.2) is 11.2 Å². The van der Waals surface area contributed by atoms with Crippen LogP contribution >= 0.6 is 35.3 Å². The van der Waals surface area contributed by atoms with Crippen LogP contribution in [0.25, 0.3) is 0 Å². The number of nitrogens with one attached hydrogen (secondary N) is 2. The Balaban J connectivity index is 0.00000484. The molecule has 134 valence electrons. The molecule has 2 N–H and O–H groups in total. The lowest BCUT2D eigenvalue weighted by Gasteiger charge is -2.12. The molecule has 1 aromatic rings. The third kappa shape index (κ3) is 10.9. The average Bonchev–Trinajstić information content (AvgIpc) is 2.96. The first-order chi connectivity index (χ1) is 10.7. The molecule has 5 nitrogen and oxygen atoms in total. The van der Waals surface area contributed by atoms with Gasteiger partial charge in [-0.05, 0) is 18.8 Å². The third-order valence-electron chi connectivity index (χ3n) is 3.18. The minimum absolute atomic E-state index is 0. The van der Waals surface area contributed by atoms with Crippen molar-refractivity contribution in [3.05, 3.63) is 16.1 Å². The van der Waals surface area contributed by atoms with Gasteiger partial charge in [0.15, 0.2) is 5.96 Å². The summed E-state index contributed by atoms with van der Waals surface area (Å²) >= 11 is 1.79. The zero-order chi connectivity index (χ0) is 16.2. The van der Waals surface area contributed by atoms with Gasteiger partial charge in [0.2, 0.25) is 0 Å². The van der Waals surface area contributed by atoms with E-state index in [9.17, 15) is 0 Å². The average molecular weight is 454 g/mol. The first-order valence-corrected chi connectivity index (χ1v) is 8.93. The lowest BCUT2D eigenvalue weighted by atomic mass is 10.1. The predicted octanol–water partition coefficient (Wildman–Crippen LogP) is 3.09. The van der Waals surface area contributed by atoms with Crippen molar-refractivity contribution in [2.75, 3.05) is 33.4 Å². The van der Waals surface area contributed by atoms with Crippen LogP contribution in [0.1, 0.15) is 37.1 Å². The summed E-state index contributed by atoms with van der Waals surface area (Å²) in [5.41, 5.74) is 0. The van der Waals surface area contributed by atoms with Crippen LogP contribution in [0.2, 0.25) is 0 Å². The standard InChI is InChI=1S/C16H30N4OS.HI/c1-5-14-12-20-15(22-14)6-8-18-16(17-4)19-9-11-21-10-7-13(2)3;/h12-13H,5-11H2,1-4H3,(H2,17,18,19);1H. The van der Waals surface area contributed by atoms with Crippen molar-refractivity contribution in [1.29, 1.82) is 0 Å². The summed E-state index contributed by atoms with van der Waals surface area (Å²) in [5, 5.41) is 7.74. The van der Waals surface area contributed by atoms with E-state index in [1.54, 1.807) is 18.4 Å². The highest BCUT2D eigenvalue weighted by atomic mass is 127. The third-order valence-corrected chi connectivity index (χ3v) is 4.38. The molecule has 0 aliphatic heterocycles. The van der Waals surface area contributed by atoms with E-state index in [1.807, 2.05) is 6.20 Å². The Morgan fingerprint density at radius 2 is 2.04 bits per heavy atom. The molecule has 0 spiro atoms. The zero-order valence-corrected chi connectivity index (χ0v) is 17.9. The molecule has 7 heteroatoms. The molecule has 0 aliphatic carbocycles. The highest BCUT2D eigenvalue weighted by Gasteiger charge is 2.02. The van der Waals surface area contributed by atoms with E-state index < -0.39 is 0 Å². The van der Waals surface area contributed by atoms with Crippen molar-refractivity contribution in [3.8, 4) is 0 Å². The van der Waals surface area contributed by atoms with Crippen LogP contribution in [0.5, 0.6) is 0 Å². The molecule has 0 bridgehead atoms. The number of rotatable bonds is 10. The number of aliphatic imine (C=N–C) groups is 1. The van der Waals surface area contributed by atoms with E-state index in [0.29, 0.717) is 12.5 Å². The van der Waals surface area contributed by atoms with Gasteiger partial charge in [0.05, 0.1) is 11.6 Å².